The maximum atomic E-state index is 11.0. The van der Waals surface area contributed by atoms with Gasteiger partial charge in [-0.3, -0.25) is 4.57 Å². The van der Waals surface area contributed by atoms with Gasteiger partial charge in [0.05, 0.1) is 12.2 Å². The second-order valence-corrected chi connectivity index (χ2v) is 4.82. The van der Waals surface area contributed by atoms with Gasteiger partial charge in [0.15, 0.2) is 0 Å². The first-order valence-electron chi connectivity index (χ1n) is 3.93. The van der Waals surface area contributed by atoms with Crippen LogP contribution in [0.25, 0.3) is 0 Å². The van der Waals surface area contributed by atoms with E-state index in [1.54, 1.807) is 20.8 Å². The molecular weight excluding hydrogens is 218 g/mol. The summed E-state index contributed by atoms with van der Waals surface area (Å²) in [5, 5.41) is 0. The fourth-order valence-electron chi connectivity index (χ4n) is 0.565. The van der Waals surface area contributed by atoms with Gasteiger partial charge in [0.2, 0.25) is 0 Å². The van der Waals surface area contributed by atoms with Crippen molar-refractivity contribution in [2.45, 2.75) is 39.7 Å². The molecule has 0 bridgehead atoms. The summed E-state index contributed by atoms with van der Waals surface area (Å²) in [5.41, 5.74) is -0.717. The first-order valence-corrected chi connectivity index (χ1v) is 5.39. The molecule has 0 amide bonds. The standard InChI is InChI=1S/C7H17O4P.K/c1-5-6-10-12(8,9)11-7(2,3)4;/h5-6H2,1-4H3,(H,8,9);/q;+1/p-1. The fraction of sp³-hybridized carbons (Fsp3) is 1.00. The van der Waals surface area contributed by atoms with E-state index in [-0.39, 0.29) is 58.0 Å². The van der Waals surface area contributed by atoms with Crippen molar-refractivity contribution in [3.63, 3.8) is 0 Å². The van der Waals surface area contributed by atoms with Crippen molar-refractivity contribution in [1.29, 1.82) is 0 Å². The summed E-state index contributed by atoms with van der Waals surface area (Å²) in [4.78, 5) is 11.0. The molecule has 0 aliphatic rings. The molecule has 0 aliphatic carbocycles. The summed E-state index contributed by atoms with van der Waals surface area (Å²) in [7, 11) is -4.08. The van der Waals surface area contributed by atoms with Crippen LogP contribution in [0, 0.1) is 0 Å². The van der Waals surface area contributed by atoms with Gasteiger partial charge in [0.1, 0.15) is 0 Å². The van der Waals surface area contributed by atoms with Gasteiger partial charge in [-0.25, -0.2) is 0 Å². The summed E-state index contributed by atoms with van der Waals surface area (Å²) >= 11 is 0. The third-order valence-electron chi connectivity index (χ3n) is 0.839. The Morgan fingerprint density at radius 2 is 1.85 bits per heavy atom. The molecule has 0 aromatic rings. The van der Waals surface area contributed by atoms with E-state index in [1.807, 2.05) is 6.92 Å². The van der Waals surface area contributed by atoms with E-state index in [0.717, 1.165) is 0 Å². The van der Waals surface area contributed by atoms with Gasteiger partial charge in [0, 0.05) is 0 Å². The SMILES string of the molecule is CCCOP(=O)([O-])OC(C)(C)C.[K+]. The Morgan fingerprint density at radius 1 is 1.38 bits per heavy atom. The fourth-order valence-corrected chi connectivity index (χ4v) is 1.69. The van der Waals surface area contributed by atoms with Gasteiger partial charge >= 0.3 is 51.4 Å². The van der Waals surface area contributed by atoms with Gasteiger partial charge in [-0.2, -0.15) is 0 Å². The average molecular weight is 234 g/mol. The topological polar surface area (TPSA) is 58.6 Å². The van der Waals surface area contributed by atoms with Gasteiger partial charge in [-0.15, -0.1) is 0 Å². The number of phosphoric ester groups is 1. The second kappa shape index (κ2) is 7.09. The predicted molar refractivity (Wildman–Crippen MR) is 44.7 cm³/mol. The van der Waals surface area contributed by atoms with Crippen molar-refractivity contribution in [2.24, 2.45) is 0 Å². The first-order chi connectivity index (χ1) is 5.27. The van der Waals surface area contributed by atoms with E-state index in [4.69, 9.17) is 4.52 Å². The molecule has 0 spiro atoms. The molecule has 0 aromatic carbocycles. The van der Waals surface area contributed by atoms with E-state index in [1.165, 1.54) is 0 Å². The second-order valence-electron chi connectivity index (χ2n) is 3.48. The van der Waals surface area contributed by atoms with Crippen molar-refractivity contribution >= 4 is 7.82 Å². The molecule has 0 fully saturated rings. The molecule has 1 unspecified atom stereocenters. The first kappa shape index (κ1) is 17.2. The molecule has 6 heteroatoms. The van der Waals surface area contributed by atoms with E-state index in [2.05, 4.69) is 4.52 Å². The third-order valence-corrected chi connectivity index (χ3v) is 2.11. The Morgan fingerprint density at radius 3 is 2.15 bits per heavy atom. The molecule has 74 valence electrons. The number of phosphoric acid groups is 1. The van der Waals surface area contributed by atoms with Crippen LogP contribution in [0.5, 0.6) is 0 Å². The van der Waals surface area contributed by atoms with Crippen LogP contribution in [-0.4, -0.2) is 12.2 Å². The van der Waals surface area contributed by atoms with Crippen molar-refractivity contribution in [3.8, 4) is 0 Å². The molecule has 0 N–H and O–H groups in total. The molecule has 4 nitrogen and oxygen atoms in total. The van der Waals surface area contributed by atoms with E-state index in [9.17, 15) is 9.46 Å². The predicted octanol–water partition coefficient (Wildman–Crippen LogP) is -1.30. The number of rotatable bonds is 4. The third kappa shape index (κ3) is 11.7. The quantitative estimate of drug-likeness (QED) is 0.448. The largest absolute Gasteiger partial charge is 1.00 e. The van der Waals surface area contributed by atoms with Crippen LogP contribution in [0.2, 0.25) is 0 Å². The Hall–Kier alpha value is 1.75. The molecule has 0 rings (SSSR count). The minimum absolute atomic E-state index is 0. The molecule has 0 radical (unpaired) electrons. The van der Waals surface area contributed by atoms with E-state index in [0.29, 0.717) is 6.42 Å². The Kier molecular flexibility index (Phi) is 9.36. The number of hydrogen-bond acceptors (Lipinski definition) is 4. The van der Waals surface area contributed by atoms with Crippen LogP contribution < -0.4 is 56.3 Å². The van der Waals surface area contributed by atoms with Crippen LogP contribution in [0.3, 0.4) is 0 Å². The summed E-state index contributed by atoms with van der Waals surface area (Å²) < 4.78 is 20.2. The molecular formula is C7H16KO4P. The van der Waals surface area contributed by atoms with Gasteiger partial charge in [-0.1, -0.05) is 6.92 Å². The molecule has 0 saturated heterocycles. The van der Waals surface area contributed by atoms with Gasteiger partial charge in [-0.05, 0) is 27.2 Å². The zero-order valence-corrected chi connectivity index (χ0v) is 13.0. The Balaban J connectivity index is 0. The van der Waals surface area contributed by atoms with Gasteiger partial charge in [0.25, 0.3) is 7.82 Å². The minimum atomic E-state index is -4.08. The summed E-state index contributed by atoms with van der Waals surface area (Å²) in [6, 6.07) is 0. The molecule has 0 aromatic heterocycles. The minimum Gasteiger partial charge on any atom is -0.756 e. The smallest absolute Gasteiger partial charge is 0.756 e. The van der Waals surface area contributed by atoms with E-state index < -0.39 is 13.4 Å². The molecule has 0 aliphatic heterocycles. The molecule has 1 atom stereocenters. The Bertz CT molecular complexity index is 178. The maximum Gasteiger partial charge on any atom is 1.00 e. The van der Waals surface area contributed by atoms with Crippen LogP contribution >= 0.6 is 7.82 Å². The zero-order chi connectivity index (χ0) is 9.83. The van der Waals surface area contributed by atoms with Crippen LogP contribution in [0.1, 0.15) is 34.1 Å². The zero-order valence-electron chi connectivity index (χ0n) is 8.99. The van der Waals surface area contributed by atoms with Crippen LogP contribution in [0.15, 0.2) is 0 Å². The van der Waals surface area contributed by atoms with Gasteiger partial charge < -0.3 is 13.9 Å². The summed E-state index contributed by atoms with van der Waals surface area (Å²) in [6.45, 7) is 6.99. The monoisotopic (exact) mass is 234 g/mol. The number of hydrogen-bond donors (Lipinski definition) is 0. The van der Waals surface area contributed by atoms with Crippen LogP contribution in [-0.2, 0) is 13.6 Å². The molecule has 13 heavy (non-hydrogen) atoms. The summed E-state index contributed by atoms with van der Waals surface area (Å²) in [5.74, 6) is 0. The van der Waals surface area contributed by atoms with Crippen molar-refractivity contribution in [2.75, 3.05) is 6.61 Å². The maximum absolute atomic E-state index is 11.0. The van der Waals surface area contributed by atoms with Crippen molar-refractivity contribution < 1.29 is 69.9 Å². The van der Waals surface area contributed by atoms with E-state index >= 15 is 0 Å². The summed E-state index contributed by atoms with van der Waals surface area (Å²) in [6.07, 6.45) is 0.653. The normalized spacial score (nSPS) is 16.1. The Labute approximate surface area is 122 Å². The average Bonchev–Trinajstić information content (AvgIpc) is 1.78. The van der Waals surface area contributed by atoms with Crippen molar-refractivity contribution in [3.05, 3.63) is 0 Å². The molecule has 0 saturated carbocycles. The molecule has 0 heterocycles. The van der Waals surface area contributed by atoms with Crippen LogP contribution in [0.4, 0.5) is 0 Å². The van der Waals surface area contributed by atoms with Crippen molar-refractivity contribution in [1.82, 2.24) is 0 Å².